The number of rotatable bonds is 2. The fourth-order valence-corrected chi connectivity index (χ4v) is 3.70. The second kappa shape index (κ2) is 6.51. The zero-order chi connectivity index (χ0) is 15.5. The van der Waals surface area contributed by atoms with E-state index in [4.69, 9.17) is 0 Å². The zero-order valence-electron chi connectivity index (χ0n) is 13.2. The van der Waals surface area contributed by atoms with Crippen LogP contribution in [0, 0.1) is 0 Å². The van der Waals surface area contributed by atoms with E-state index in [0.29, 0.717) is 6.04 Å². The van der Waals surface area contributed by atoms with Crippen molar-refractivity contribution in [1.29, 1.82) is 0 Å². The molecule has 1 saturated carbocycles. The Morgan fingerprint density at radius 2 is 1.82 bits per heavy atom. The van der Waals surface area contributed by atoms with Crippen LogP contribution in [0.1, 0.15) is 56.4 Å². The molecular weight excluding hydrogens is 276 g/mol. The van der Waals surface area contributed by atoms with Crippen LogP contribution in [0.15, 0.2) is 24.3 Å². The van der Waals surface area contributed by atoms with E-state index in [1.54, 1.807) is 0 Å². The summed E-state index contributed by atoms with van der Waals surface area (Å²) in [7, 11) is 1.91. The molecule has 1 heterocycles. The van der Waals surface area contributed by atoms with Crippen molar-refractivity contribution >= 4 is 17.5 Å². The molecule has 2 aliphatic rings. The molecule has 1 aromatic rings. The summed E-state index contributed by atoms with van der Waals surface area (Å²) < 4.78 is 0. The lowest BCUT2D eigenvalue weighted by molar-refractivity contribution is -0.135. The van der Waals surface area contributed by atoms with Gasteiger partial charge in [0.15, 0.2) is 0 Å². The van der Waals surface area contributed by atoms with Crippen LogP contribution >= 0.6 is 0 Å². The number of benzene rings is 1. The van der Waals surface area contributed by atoms with Crippen LogP contribution in [-0.2, 0) is 9.59 Å². The van der Waals surface area contributed by atoms with Crippen molar-refractivity contribution < 1.29 is 9.59 Å². The van der Waals surface area contributed by atoms with Gasteiger partial charge >= 0.3 is 0 Å². The molecule has 1 N–H and O–H groups in total. The van der Waals surface area contributed by atoms with Gasteiger partial charge in [-0.15, -0.1) is 0 Å². The van der Waals surface area contributed by atoms with Crippen LogP contribution in [0.2, 0.25) is 0 Å². The number of nitrogens with one attached hydrogen (secondary N) is 1. The molecule has 0 spiro atoms. The summed E-state index contributed by atoms with van der Waals surface area (Å²) in [5, 5.41) is 2.86. The molecule has 1 unspecified atom stereocenters. The highest BCUT2D eigenvalue weighted by Gasteiger charge is 2.34. The molecule has 1 aromatic carbocycles. The van der Waals surface area contributed by atoms with Gasteiger partial charge in [-0.1, -0.05) is 43.9 Å². The number of nitrogens with zero attached hydrogens (tertiary/aromatic N) is 1. The Morgan fingerprint density at radius 1 is 1.14 bits per heavy atom. The van der Waals surface area contributed by atoms with Crippen LogP contribution in [0.4, 0.5) is 5.69 Å². The van der Waals surface area contributed by atoms with Gasteiger partial charge in [0.1, 0.15) is 0 Å². The van der Waals surface area contributed by atoms with Crippen molar-refractivity contribution in [1.82, 2.24) is 4.90 Å². The Hall–Kier alpha value is -1.84. The first-order valence-corrected chi connectivity index (χ1v) is 8.32. The van der Waals surface area contributed by atoms with E-state index in [1.165, 1.54) is 25.7 Å². The molecule has 3 rings (SSSR count). The molecule has 1 atom stereocenters. The maximum Gasteiger partial charge on any atom is 0.230 e. The van der Waals surface area contributed by atoms with E-state index in [2.05, 4.69) is 5.32 Å². The Kier molecular flexibility index (Phi) is 4.46. The number of anilines is 1. The third-order valence-electron chi connectivity index (χ3n) is 5.02. The second-order valence-electron chi connectivity index (χ2n) is 6.49. The van der Waals surface area contributed by atoms with Gasteiger partial charge in [-0.2, -0.15) is 0 Å². The maximum atomic E-state index is 13.0. The molecule has 4 nitrogen and oxygen atoms in total. The van der Waals surface area contributed by atoms with Gasteiger partial charge in [0.2, 0.25) is 11.8 Å². The number of hydrogen-bond donors (Lipinski definition) is 1. The summed E-state index contributed by atoms with van der Waals surface area (Å²) in [5.74, 6) is -0.307. The van der Waals surface area contributed by atoms with Crippen LogP contribution in [0.5, 0.6) is 0 Å². The van der Waals surface area contributed by atoms with Crippen molar-refractivity contribution in [3.63, 3.8) is 0 Å². The van der Waals surface area contributed by atoms with E-state index in [9.17, 15) is 9.59 Å². The van der Waals surface area contributed by atoms with Crippen molar-refractivity contribution in [2.24, 2.45) is 0 Å². The average molecular weight is 300 g/mol. The summed E-state index contributed by atoms with van der Waals surface area (Å²) in [6, 6.07) is 7.98. The molecule has 1 aliphatic carbocycles. The van der Waals surface area contributed by atoms with Crippen LogP contribution in [0.25, 0.3) is 0 Å². The van der Waals surface area contributed by atoms with Crippen LogP contribution < -0.4 is 5.32 Å². The van der Waals surface area contributed by atoms with Crippen molar-refractivity contribution in [2.45, 2.75) is 56.9 Å². The molecule has 22 heavy (non-hydrogen) atoms. The van der Waals surface area contributed by atoms with E-state index >= 15 is 0 Å². The summed E-state index contributed by atoms with van der Waals surface area (Å²) >= 11 is 0. The predicted octanol–water partition coefficient (Wildman–Crippen LogP) is 3.29. The lowest BCUT2D eigenvalue weighted by atomic mass is 9.88. The number of para-hydroxylation sites is 1. The highest BCUT2D eigenvalue weighted by Crippen LogP contribution is 2.34. The smallest absolute Gasteiger partial charge is 0.230 e. The fraction of sp³-hybridized carbons (Fsp3) is 0.556. The van der Waals surface area contributed by atoms with Crippen LogP contribution in [0.3, 0.4) is 0 Å². The third-order valence-corrected chi connectivity index (χ3v) is 5.02. The topological polar surface area (TPSA) is 49.4 Å². The molecule has 0 bridgehead atoms. The fourth-order valence-electron chi connectivity index (χ4n) is 3.70. The normalized spacial score (nSPS) is 22.4. The monoisotopic (exact) mass is 300 g/mol. The summed E-state index contributed by atoms with van der Waals surface area (Å²) in [5.41, 5.74) is 1.74. The molecule has 0 saturated heterocycles. The highest BCUT2D eigenvalue weighted by atomic mass is 16.2. The lowest BCUT2D eigenvalue weighted by Crippen LogP contribution is -2.42. The minimum atomic E-state index is -0.335. The first kappa shape index (κ1) is 15.1. The van der Waals surface area contributed by atoms with Crippen molar-refractivity contribution in [2.75, 3.05) is 12.4 Å². The zero-order valence-corrected chi connectivity index (χ0v) is 13.2. The number of hydrogen-bond acceptors (Lipinski definition) is 2. The van der Waals surface area contributed by atoms with Gasteiger partial charge in [0.25, 0.3) is 0 Å². The van der Waals surface area contributed by atoms with Crippen molar-refractivity contribution in [3.8, 4) is 0 Å². The number of likely N-dealkylation sites (N-methyl/N-ethyl adjacent to an activating group) is 1. The van der Waals surface area contributed by atoms with E-state index < -0.39 is 0 Å². The Labute approximate surface area is 131 Å². The standard InChI is InChI=1S/C18H24N2O2/c1-20(13-8-4-2-3-5-9-13)18(22)15-12-17(21)19-16-11-7-6-10-14(15)16/h6-7,10-11,13,15H,2-5,8-9,12H2,1H3,(H,19,21). The highest BCUT2D eigenvalue weighted by molar-refractivity contribution is 6.01. The molecule has 0 radical (unpaired) electrons. The minimum absolute atomic E-state index is 0.0636. The Balaban J connectivity index is 1.80. The molecule has 1 aliphatic heterocycles. The summed E-state index contributed by atoms with van der Waals surface area (Å²) in [6.07, 6.45) is 7.37. The third kappa shape index (κ3) is 3.01. The quantitative estimate of drug-likeness (QED) is 0.852. The summed E-state index contributed by atoms with van der Waals surface area (Å²) in [4.78, 5) is 26.8. The minimum Gasteiger partial charge on any atom is -0.342 e. The van der Waals surface area contributed by atoms with E-state index in [0.717, 1.165) is 24.1 Å². The average Bonchev–Trinajstić information content (AvgIpc) is 2.82. The first-order chi connectivity index (χ1) is 10.7. The first-order valence-electron chi connectivity index (χ1n) is 8.32. The lowest BCUT2D eigenvalue weighted by Gasteiger charge is -2.33. The van der Waals surface area contributed by atoms with Gasteiger partial charge in [-0.05, 0) is 24.5 Å². The van der Waals surface area contributed by atoms with Gasteiger partial charge in [0, 0.05) is 25.2 Å². The van der Waals surface area contributed by atoms with E-state index in [1.807, 2.05) is 36.2 Å². The van der Waals surface area contributed by atoms with Crippen molar-refractivity contribution in [3.05, 3.63) is 29.8 Å². The summed E-state index contributed by atoms with van der Waals surface area (Å²) in [6.45, 7) is 0. The Morgan fingerprint density at radius 3 is 2.55 bits per heavy atom. The molecule has 1 fully saturated rings. The number of carbonyl (C=O) groups excluding carboxylic acids is 2. The second-order valence-corrected chi connectivity index (χ2v) is 6.49. The van der Waals surface area contributed by atoms with Gasteiger partial charge < -0.3 is 10.2 Å². The molecule has 4 heteroatoms. The maximum absolute atomic E-state index is 13.0. The molecule has 0 aromatic heterocycles. The molecule has 118 valence electrons. The largest absolute Gasteiger partial charge is 0.342 e. The molecular formula is C18H24N2O2. The number of amides is 2. The van der Waals surface area contributed by atoms with Gasteiger partial charge in [-0.3, -0.25) is 9.59 Å². The Bertz CT molecular complexity index is 562. The predicted molar refractivity (Wildman–Crippen MR) is 86.7 cm³/mol. The van der Waals surface area contributed by atoms with Gasteiger partial charge in [0.05, 0.1) is 5.92 Å². The van der Waals surface area contributed by atoms with E-state index in [-0.39, 0.29) is 24.2 Å². The van der Waals surface area contributed by atoms with Crippen LogP contribution in [-0.4, -0.2) is 29.8 Å². The molecule has 2 amide bonds. The number of fused-ring (bicyclic) bond motifs is 1. The number of carbonyl (C=O) groups is 2. The SMILES string of the molecule is CN(C(=O)C1CC(=O)Nc2ccccc21)C1CCCCCC1. The van der Waals surface area contributed by atoms with Gasteiger partial charge in [-0.25, -0.2) is 0 Å².